The molecule has 174 valence electrons. The van der Waals surface area contributed by atoms with Crippen molar-refractivity contribution in [2.24, 2.45) is 5.92 Å². The van der Waals surface area contributed by atoms with Crippen molar-refractivity contribution in [2.75, 3.05) is 13.1 Å². The number of carbonyl (C=O) groups excluding carboxylic acids is 1. The van der Waals surface area contributed by atoms with Crippen LogP contribution in [0.2, 0.25) is 0 Å². The number of benzene rings is 2. The molecule has 2 aromatic carbocycles. The number of hydrogen-bond donors (Lipinski definition) is 2. The minimum atomic E-state index is -0.408. The predicted molar refractivity (Wildman–Crippen MR) is 126 cm³/mol. The summed E-state index contributed by atoms with van der Waals surface area (Å²) in [5, 5.41) is 19.7. The second kappa shape index (κ2) is 10.7. The first-order valence-corrected chi connectivity index (χ1v) is 11.5. The van der Waals surface area contributed by atoms with Crippen molar-refractivity contribution < 1.29 is 19.4 Å². The van der Waals surface area contributed by atoms with Gasteiger partial charge >= 0.3 is 0 Å². The molecule has 1 saturated heterocycles. The Morgan fingerprint density at radius 3 is 2.44 bits per heavy atom. The fraction of sp³-hybridized carbons (Fsp3) is 0.500. The topological polar surface area (TPSA) is 60.8 Å². The molecule has 1 aliphatic carbocycles. The van der Waals surface area contributed by atoms with Crippen molar-refractivity contribution in [3.8, 4) is 5.75 Å². The molecule has 2 aliphatic rings. The maximum atomic E-state index is 13.3. The fourth-order valence-electron chi connectivity index (χ4n) is 5.30. The minimum Gasteiger partial charge on any atom is -0.508 e. The Kier molecular flexibility index (Phi) is 8.18. The molecule has 6 heteroatoms. The number of nitrogens with zero attached hydrogens (tertiary/aromatic N) is 1. The summed E-state index contributed by atoms with van der Waals surface area (Å²) in [6.07, 6.45) is 5.38. The number of likely N-dealkylation sites (tertiary alicyclic amines) is 1. The van der Waals surface area contributed by atoms with Crippen molar-refractivity contribution in [2.45, 2.75) is 63.4 Å². The molecule has 4 rings (SSSR count). The summed E-state index contributed by atoms with van der Waals surface area (Å²) in [6, 6.07) is 12.4. The van der Waals surface area contributed by atoms with E-state index >= 15 is 0 Å². The summed E-state index contributed by atoms with van der Waals surface area (Å²) in [5.41, 5.74) is 2.82. The van der Waals surface area contributed by atoms with Crippen molar-refractivity contribution in [1.29, 1.82) is 0 Å². The second-order valence-corrected chi connectivity index (χ2v) is 9.36. The van der Waals surface area contributed by atoms with Crippen LogP contribution in [0.4, 0.5) is 4.39 Å². The smallest absolute Gasteiger partial charge is 0.253 e. The molecule has 4 nitrogen and oxygen atoms in total. The van der Waals surface area contributed by atoms with Gasteiger partial charge < -0.3 is 15.1 Å². The van der Waals surface area contributed by atoms with Crippen LogP contribution in [0.15, 0.2) is 42.5 Å². The number of piperidine rings is 1. The van der Waals surface area contributed by atoms with E-state index in [4.69, 9.17) is 0 Å². The molecule has 1 unspecified atom stereocenters. The molecule has 0 bridgehead atoms. The number of rotatable bonds is 5. The largest absolute Gasteiger partial charge is 0.508 e. The Balaban J connectivity index is 0.00000289. The first-order chi connectivity index (χ1) is 14.9. The monoisotopic (exact) mass is 461 g/mol. The van der Waals surface area contributed by atoms with Gasteiger partial charge in [-0.15, -0.1) is 12.4 Å². The van der Waals surface area contributed by atoms with E-state index in [9.17, 15) is 19.4 Å². The Labute approximate surface area is 195 Å². The third kappa shape index (κ3) is 5.62. The van der Waals surface area contributed by atoms with E-state index in [1.807, 2.05) is 17.0 Å². The molecule has 0 radical (unpaired) electrons. The predicted octanol–water partition coefficient (Wildman–Crippen LogP) is 5.63. The van der Waals surface area contributed by atoms with E-state index in [0.29, 0.717) is 37.8 Å². The molecule has 1 heterocycles. The van der Waals surface area contributed by atoms with Gasteiger partial charge in [-0.1, -0.05) is 25.1 Å². The highest BCUT2D eigenvalue weighted by atomic mass is 35.5. The zero-order chi connectivity index (χ0) is 22.0. The number of halogens is 2. The number of carbonyl (C=O) groups is 1. The average Bonchev–Trinajstić information content (AvgIpc) is 3.22. The van der Waals surface area contributed by atoms with Gasteiger partial charge in [0.25, 0.3) is 5.91 Å². The van der Waals surface area contributed by atoms with Crippen LogP contribution in [0.3, 0.4) is 0 Å². The maximum absolute atomic E-state index is 13.3. The lowest BCUT2D eigenvalue weighted by molar-refractivity contribution is 0.0546. The number of aromatic hydroxyl groups is 1. The van der Waals surface area contributed by atoms with Crippen LogP contribution in [0.1, 0.15) is 78.8 Å². The van der Waals surface area contributed by atoms with Crippen LogP contribution in [0.25, 0.3) is 0 Å². The second-order valence-electron chi connectivity index (χ2n) is 9.36. The minimum absolute atomic E-state index is 0. The zero-order valence-electron chi connectivity index (χ0n) is 18.5. The molecule has 2 fully saturated rings. The van der Waals surface area contributed by atoms with E-state index in [0.717, 1.165) is 36.8 Å². The van der Waals surface area contributed by atoms with Crippen molar-refractivity contribution in [1.82, 2.24) is 4.90 Å². The molecule has 32 heavy (non-hydrogen) atoms. The summed E-state index contributed by atoms with van der Waals surface area (Å²) in [5.74, 6) is 0.946. The number of aliphatic hydroxyl groups is 1. The summed E-state index contributed by atoms with van der Waals surface area (Å²) in [7, 11) is 0. The van der Waals surface area contributed by atoms with E-state index in [1.165, 1.54) is 17.7 Å². The summed E-state index contributed by atoms with van der Waals surface area (Å²) >= 11 is 0. The lowest BCUT2D eigenvalue weighted by Crippen LogP contribution is -2.40. The highest BCUT2D eigenvalue weighted by molar-refractivity contribution is 5.94. The molecule has 1 saturated carbocycles. The lowest BCUT2D eigenvalue weighted by atomic mass is 9.87. The first-order valence-electron chi connectivity index (χ1n) is 11.5. The van der Waals surface area contributed by atoms with E-state index in [-0.39, 0.29) is 36.1 Å². The Hall–Kier alpha value is -2.11. The van der Waals surface area contributed by atoms with Crippen LogP contribution in [0, 0.1) is 11.7 Å². The number of amides is 1. The van der Waals surface area contributed by atoms with Gasteiger partial charge in [-0.25, -0.2) is 4.39 Å². The Morgan fingerprint density at radius 1 is 1.09 bits per heavy atom. The Bertz CT molecular complexity index is 912. The summed E-state index contributed by atoms with van der Waals surface area (Å²) in [4.78, 5) is 14.5. The maximum Gasteiger partial charge on any atom is 0.253 e. The summed E-state index contributed by atoms with van der Waals surface area (Å²) < 4.78 is 13.3. The standard InChI is InChI=1S/C26H32FNO3.ClH/c1-17(24-9-8-22(27)16-25(24)30)14-18-2-3-21(15-18)19-4-6-20(7-5-19)26(31)28-12-10-23(29)11-13-28;/h4-9,16-18,21,23,29-30H,2-3,10-15H2,1H3;1H/t17-,18?,21-;/m0./s1. The molecule has 1 aliphatic heterocycles. The van der Waals surface area contributed by atoms with E-state index in [2.05, 4.69) is 19.1 Å². The molecule has 0 spiro atoms. The SMILES string of the molecule is C[C@@H](CC1CC[C@H](c2ccc(C(=O)N3CCC(O)CC3)cc2)C1)c1ccc(F)cc1O.Cl. The molecule has 2 N–H and O–H groups in total. The summed E-state index contributed by atoms with van der Waals surface area (Å²) in [6.45, 7) is 3.34. The normalized spacial score (nSPS) is 22.4. The van der Waals surface area contributed by atoms with Gasteiger partial charge in [0, 0.05) is 24.7 Å². The number of aliphatic hydroxyl groups excluding tert-OH is 1. The highest BCUT2D eigenvalue weighted by Crippen LogP contribution is 2.43. The number of hydrogen-bond acceptors (Lipinski definition) is 3. The van der Waals surface area contributed by atoms with E-state index < -0.39 is 5.82 Å². The van der Waals surface area contributed by atoms with Crippen molar-refractivity contribution >= 4 is 18.3 Å². The highest BCUT2D eigenvalue weighted by Gasteiger charge is 2.28. The molecule has 3 atom stereocenters. The quantitative estimate of drug-likeness (QED) is 0.606. The van der Waals surface area contributed by atoms with E-state index in [1.54, 1.807) is 6.07 Å². The van der Waals surface area contributed by atoms with Gasteiger partial charge in [0.1, 0.15) is 11.6 Å². The van der Waals surface area contributed by atoms with Crippen molar-refractivity contribution in [3.05, 3.63) is 65.0 Å². The molecular weight excluding hydrogens is 429 g/mol. The van der Waals surface area contributed by atoms with Gasteiger partial charge in [-0.3, -0.25) is 4.79 Å². The molecule has 1 amide bonds. The first kappa shape index (κ1) is 24.5. The van der Waals surface area contributed by atoms with Crippen LogP contribution in [-0.2, 0) is 0 Å². The molecule has 0 aromatic heterocycles. The van der Waals surface area contributed by atoms with Gasteiger partial charge in [0.15, 0.2) is 0 Å². The third-order valence-corrected chi connectivity index (χ3v) is 7.13. The van der Waals surface area contributed by atoms with Gasteiger partial charge in [-0.2, -0.15) is 0 Å². The average molecular weight is 462 g/mol. The molecule has 2 aromatic rings. The Morgan fingerprint density at radius 2 is 1.78 bits per heavy atom. The van der Waals surface area contributed by atoms with Crippen LogP contribution >= 0.6 is 12.4 Å². The zero-order valence-corrected chi connectivity index (χ0v) is 19.4. The van der Waals surface area contributed by atoms with Gasteiger partial charge in [0.2, 0.25) is 0 Å². The molecular formula is C26H33ClFNO3. The van der Waals surface area contributed by atoms with Crippen LogP contribution < -0.4 is 0 Å². The van der Waals surface area contributed by atoms with Gasteiger partial charge in [-0.05, 0) is 85.6 Å². The third-order valence-electron chi connectivity index (χ3n) is 7.13. The van der Waals surface area contributed by atoms with Crippen molar-refractivity contribution in [3.63, 3.8) is 0 Å². The van der Waals surface area contributed by atoms with Gasteiger partial charge in [0.05, 0.1) is 6.10 Å². The van der Waals surface area contributed by atoms with Crippen LogP contribution in [0.5, 0.6) is 5.75 Å². The lowest BCUT2D eigenvalue weighted by Gasteiger charge is -2.29. The van der Waals surface area contributed by atoms with Crippen LogP contribution in [-0.4, -0.2) is 40.2 Å². The fourth-order valence-corrected chi connectivity index (χ4v) is 5.30. The number of phenols is 1. The number of phenolic OH excluding ortho intramolecular Hbond substituents is 1.